The zero-order chi connectivity index (χ0) is 9.19. The molecule has 0 radical (unpaired) electrons. The van der Waals surface area contributed by atoms with E-state index in [-0.39, 0.29) is 0 Å². The molecule has 0 aromatic carbocycles. The monoisotopic (exact) mass is 177 g/mol. The molecular weight excluding hydrogens is 160 g/mol. The van der Waals surface area contributed by atoms with E-state index in [1.807, 2.05) is 0 Å². The Labute approximate surface area is 72.3 Å². The third-order valence-corrected chi connectivity index (χ3v) is 2.89. The fourth-order valence-electron chi connectivity index (χ4n) is 1.85. The Morgan fingerprint density at radius 1 is 1.25 bits per heavy atom. The van der Waals surface area contributed by atoms with Crippen molar-refractivity contribution in [2.24, 2.45) is 17.6 Å². The molecule has 1 rings (SSSR count). The van der Waals surface area contributed by atoms with Gasteiger partial charge in [-0.2, -0.15) is 0 Å². The highest BCUT2D eigenvalue weighted by Gasteiger charge is 2.39. The summed E-state index contributed by atoms with van der Waals surface area (Å²) in [6.07, 6.45) is 3.15. The second-order valence-electron chi connectivity index (χ2n) is 3.92. The number of hydrogen-bond acceptors (Lipinski definition) is 1. The Morgan fingerprint density at radius 3 is 2.17 bits per heavy atom. The van der Waals surface area contributed by atoms with Crippen LogP contribution in [0.5, 0.6) is 0 Å². The predicted octanol–water partition coefficient (Wildman–Crippen LogP) is 2.41. The van der Waals surface area contributed by atoms with Gasteiger partial charge in [0.2, 0.25) is 0 Å². The summed E-state index contributed by atoms with van der Waals surface area (Å²) in [5.74, 6) is -2.46. The summed E-state index contributed by atoms with van der Waals surface area (Å²) in [5.41, 5.74) is 5.02. The molecule has 0 spiro atoms. The van der Waals surface area contributed by atoms with E-state index in [2.05, 4.69) is 6.92 Å². The first-order chi connectivity index (χ1) is 5.56. The van der Waals surface area contributed by atoms with Crippen molar-refractivity contribution < 1.29 is 8.78 Å². The third kappa shape index (κ3) is 2.16. The standard InChI is InChI=1S/C9H17F2N/c1-7-2-4-8(5-3-7)9(10,11)6-12/h7-8H,2-6,12H2,1H3. The van der Waals surface area contributed by atoms with E-state index in [0.29, 0.717) is 18.8 Å². The number of halogens is 2. The lowest BCUT2D eigenvalue weighted by Crippen LogP contribution is -2.38. The van der Waals surface area contributed by atoms with Gasteiger partial charge in [-0.1, -0.05) is 19.8 Å². The van der Waals surface area contributed by atoms with Crippen LogP contribution in [0.2, 0.25) is 0 Å². The lowest BCUT2D eigenvalue weighted by Gasteiger charge is -2.31. The molecular formula is C9H17F2N. The molecule has 2 N–H and O–H groups in total. The Hall–Kier alpha value is -0.180. The van der Waals surface area contributed by atoms with E-state index >= 15 is 0 Å². The van der Waals surface area contributed by atoms with Crippen molar-refractivity contribution in [3.8, 4) is 0 Å². The van der Waals surface area contributed by atoms with Crippen molar-refractivity contribution in [1.82, 2.24) is 0 Å². The molecule has 1 aliphatic carbocycles. The van der Waals surface area contributed by atoms with Crippen LogP contribution in [0.1, 0.15) is 32.6 Å². The topological polar surface area (TPSA) is 26.0 Å². The average Bonchev–Trinajstić information content (AvgIpc) is 2.05. The Balaban J connectivity index is 2.44. The van der Waals surface area contributed by atoms with Gasteiger partial charge < -0.3 is 5.73 Å². The highest BCUT2D eigenvalue weighted by Crippen LogP contribution is 2.37. The second kappa shape index (κ2) is 3.69. The Bertz CT molecular complexity index is 139. The minimum absolute atomic E-state index is 0.460. The number of alkyl halides is 2. The van der Waals surface area contributed by atoms with Crippen molar-refractivity contribution in [2.75, 3.05) is 6.54 Å². The molecule has 0 saturated heterocycles. The van der Waals surface area contributed by atoms with Gasteiger partial charge in [0.15, 0.2) is 0 Å². The van der Waals surface area contributed by atoms with Gasteiger partial charge in [0.25, 0.3) is 5.92 Å². The van der Waals surface area contributed by atoms with Crippen molar-refractivity contribution in [1.29, 1.82) is 0 Å². The molecule has 0 aromatic heterocycles. The van der Waals surface area contributed by atoms with Gasteiger partial charge in [0.1, 0.15) is 0 Å². The summed E-state index contributed by atoms with van der Waals surface area (Å²) in [6, 6.07) is 0. The molecule has 0 heterocycles. The van der Waals surface area contributed by atoms with E-state index in [9.17, 15) is 8.78 Å². The summed E-state index contributed by atoms with van der Waals surface area (Å²) < 4.78 is 26.1. The summed E-state index contributed by atoms with van der Waals surface area (Å²) in [6.45, 7) is 1.63. The highest BCUT2D eigenvalue weighted by molar-refractivity contribution is 4.82. The Morgan fingerprint density at radius 2 is 1.75 bits per heavy atom. The first-order valence-corrected chi connectivity index (χ1v) is 4.64. The first kappa shape index (κ1) is 9.90. The molecule has 1 nitrogen and oxygen atoms in total. The Kier molecular flexibility index (Phi) is 3.04. The van der Waals surface area contributed by atoms with Crippen LogP contribution in [0.25, 0.3) is 0 Å². The lowest BCUT2D eigenvalue weighted by atomic mass is 9.80. The quantitative estimate of drug-likeness (QED) is 0.688. The number of hydrogen-bond donors (Lipinski definition) is 1. The van der Waals surface area contributed by atoms with Gasteiger partial charge in [0.05, 0.1) is 6.54 Å². The van der Waals surface area contributed by atoms with Crippen molar-refractivity contribution in [3.05, 3.63) is 0 Å². The minimum atomic E-state index is -2.62. The van der Waals surface area contributed by atoms with E-state index in [4.69, 9.17) is 5.73 Å². The summed E-state index contributed by atoms with van der Waals surface area (Å²) >= 11 is 0. The van der Waals surface area contributed by atoms with Crippen molar-refractivity contribution in [2.45, 2.75) is 38.5 Å². The van der Waals surface area contributed by atoms with Crippen LogP contribution < -0.4 is 5.73 Å². The molecule has 1 saturated carbocycles. The van der Waals surface area contributed by atoms with Gasteiger partial charge in [-0.3, -0.25) is 0 Å². The summed E-state index contributed by atoms with van der Waals surface area (Å²) in [7, 11) is 0. The van der Waals surface area contributed by atoms with Crippen molar-refractivity contribution >= 4 is 0 Å². The van der Waals surface area contributed by atoms with Crippen LogP contribution in [-0.2, 0) is 0 Å². The zero-order valence-electron chi connectivity index (χ0n) is 7.52. The van der Waals surface area contributed by atoms with Gasteiger partial charge in [0, 0.05) is 5.92 Å². The molecule has 0 bridgehead atoms. The van der Waals surface area contributed by atoms with Crippen LogP contribution in [0.3, 0.4) is 0 Å². The minimum Gasteiger partial charge on any atom is -0.325 e. The molecule has 1 fully saturated rings. The van der Waals surface area contributed by atoms with E-state index in [1.165, 1.54) is 0 Å². The fraction of sp³-hybridized carbons (Fsp3) is 1.00. The maximum Gasteiger partial charge on any atom is 0.262 e. The average molecular weight is 177 g/mol. The van der Waals surface area contributed by atoms with Crippen molar-refractivity contribution in [3.63, 3.8) is 0 Å². The maximum atomic E-state index is 13.0. The van der Waals surface area contributed by atoms with E-state index in [0.717, 1.165) is 12.8 Å². The smallest absolute Gasteiger partial charge is 0.262 e. The molecule has 0 aromatic rings. The molecule has 12 heavy (non-hydrogen) atoms. The van der Waals surface area contributed by atoms with Gasteiger partial charge in [-0.05, 0) is 18.8 Å². The van der Waals surface area contributed by atoms with Gasteiger partial charge in [-0.15, -0.1) is 0 Å². The highest BCUT2D eigenvalue weighted by atomic mass is 19.3. The normalized spacial score (nSPS) is 32.0. The molecule has 3 heteroatoms. The van der Waals surface area contributed by atoms with Crippen LogP contribution in [0.15, 0.2) is 0 Å². The third-order valence-electron chi connectivity index (χ3n) is 2.89. The number of nitrogens with two attached hydrogens (primary N) is 1. The fourth-order valence-corrected chi connectivity index (χ4v) is 1.85. The van der Waals surface area contributed by atoms with Crippen LogP contribution >= 0.6 is 0 Å². The summed E-state index contributed by atoms with van der Waals surface area (Å²) in [5, 5.41) is 0. The van der Waals surface area contributed by atoms with Crippen LogP contribution in [-0.4, -0.2) is 12.5 Å². The molecule has 0 aliphatic heterocycles. The zero-order valence-corrected chi connectivity index (χ0v) is 7.52. The molecule has 1 aliphatic rings. The second-order valence-corrected chi connectivity index (χ2v) is 3.92. The molecule has 0 atom stereocenters. The SMILES string of the molecule is CC1CCC(C(F)(F)CN)CC1. The van der Waals surface area contributed by atoms with E-state index < -0.39 is 18.4 Å². The van der Waals surface area contributed by atoms with Gasteiger partial charge >= 0.3 is 0 Å². The first-order valence-electron chi connectivity index (χ1n) is 4.64. The number of rotatable bonds is 2. The lowest BCUT2D eigenvalue weighted by molar-refractivity contribution is -0.0655. The maximum absolute atomic E-state index is 13.0. The van der Waals surface area contributed by atoms with E-state index in [1.54, 1.807) is 0 Å². The largest absolute Gasteiger partial charge is 0.325 e. The molecule has 72 valence electrons. The van der Waals surface area contributed by atoms with Crippen LogP contribution in [0, 0.1) is 11.8 Å². The molecule has 0 unspecified atom stereocenters. The summed E-state index contributed by atoms with van der Waals surface area (Å²) in [4.78, 5) is 0. The van der Waals surface area contributed by atoms with Crippen LogP contribution in [0.4, 0.5) is 8.78 Å². The predicted molar refractivity (Wildman–Crippen MR) is 45.1 cm³/mol. The molecule has 0 amide bonds. The van der Waals surface area contributed by atoms with Gasteiger partial charge in [-0.25, -0.2) is 8.78 Å².